The predicted molar refractivity (Wildman–Crippen MR) is 76.0 cm³/mol. The summed E-state index contributed by atoms with van der Waals surface area (Å²) in [6.45, 7) is 3.40. The molecule has 106 valence electrons. The zero-order valence-corrected chi connectivity index (χ0v) is 12.2. The van der Waals surface area contributed by atoms with Gasteiger partial charge in [-0.25, -0.2) is 0 Å². The summed E-state index contributed by atoms with van der Waals surface area (Å²) in [5.74, 6) is 1.42. The van der Waals surface area contributed by atoms with Crippen LogP contribution in [0.2, 0.25) is 5.02 Å². The second-order valence-electron chi connectivity index (χ2n) is 5.07. The summed E-state index contributed by atoms with van der Waals surface area (Å²) < 4.78 is 11.0. The Kier molecular flexibility index (Phi) is 3.76. The molecule has 1 aromatic carbocycles. The number of hydrogen-bond acceptors (Lipinski definition) is 4. The average molecular weight is 293 g/mol. The maximum atomic E-state index is 6.15. The first-order valence-electron chi connectivity index (χ1n) is 6.91. The molecular weight excluding hydrogens is 276 g/mol. The first kappa shape index (κ1) is 13.6. The summed E-state index contributed by atoms with van der Waals surface area (Å²) in [6, 6.07) is 7.91. The number of rotatable bonds is 3. The lowest BCUT2D eigenvalue weighted by atomic mass is 9.74. The molecule has 2 aromatic rings. The highest BCUT2D eigenvalue weighted by molar-refractivity contribution is 6.30. The van der Waals surface area contributed by atoms with Crippen molar-refractivity contribution in [2.45, 2.75) is 31.6 Å². The van der Waals surface area contributed by atoms with Crippen molar-refractivity contribution >= 4 is 11.6 Å². The number of aryl methyl sites for hydroxylation is 1. The Morgan fingerprint density at radius 2 is 2.10 bits per heavy atom. The topological polar surface area (TPSA) is 48.2 Å². The maximum absolute atomic E-state index is 6.15. The van der Waals surface area contributed by atoms with Gasteiger partial charge in [-0.15, -0.1) is 0 Å². The van der Waals surface area contributed by atoms with Crippen LogP contribution in [0.3, 0.4) is 0 Å². The summed E-state index contributed by atoms with van der Waals surface area (Å²) in [6.07, 6.45) is 2.43. The molecule has 1 fully saturated rings. The fraction of sp³-hybridized carbons (Fsp3) is 0.467. The Morgan fingerprint density at radius 3 is 2.75 bits per heavy atom. The van der Waals surface area contributed by atoms with Gasteiger partial charge in [0, 0.05) is 24.7 Å². The van der Waals surface area contributed by atoms with E-state index in [1.807, 2.05) is 25.1 Å². The minimum atomic E-state index is -0.274. The molecule has 0 atom stereocenters. The van der Waals surface area contributed by atoms with Crippen molar-refractivity contribution in [1.82, 2.24) is 10.1 Å². The standard InChI is InChI=1S/C15H17ClN2O2/c1-2-13-17-14(20-18-13)15(6-8-19-9-7-15)11-4-3-5-12(16)10-11/h3-5,10H,2,6-9H2,1H3. The van der Waals surface area contributed by atoms with Crippen molar-refractivity contribution in [2.24, 2.45) is 0 Å². The summed E-state index contributed by atoms with van der Waals surface area (Å²) in [7, 11) is 0. The number of benzene rings is 1. The number of halogens is 1. The van der Waals surface area contributed by atoms with Crippen LogP contribution in [0.15, 0.2) is 28.8 Å². The molecule has 0 radical (unpaired) electrons. The molecule has 1 aliphatic rings. The van der Waals surface area contributed by atoms with Gasteiger partial charge in [-0.05, 0) is 30.5 Å². The molecule has 0 unspecified atom stereocenters. The van der Waals surface area contributed by atoms with Gasteiger partial charge in [-0.2, -0.15) is 4.98 Å². The van der Waals surface area contributed by atoms with Crippen LogP contribution < -0.4 is 0 Å². The molecule has 2 heterocycles. The van der Waals surface area contributed by atoms with Gasteiger partial charge in [0.1, 0.15) is 0 Å². The van der Waals surface area contributed by atoms with Gasteiger partial charge in [-0.3, -0.25) is 0 Å². The smallest absolute Gasteiger partial charge is 0.237 e. The van der Waals surface area contributed by atoms with E-state index < -0.39 is 0 Å². The van der Waals surface area contributed by atoms with Crippen LogP contribution in [-0.4, -0.2) is 23.4 Å². The molecule has 0 saturated carbocycles. The van der Waals surface area contributed by atoms with Crippen molar-refractivity contribution in [3.63, 3.8) is 0 Å². The van der Waals surface area contributed by atoms with Crippen LogP contribution in [0.5, 0.6) is 0 Å². The van der Waals surface area contributed by atoms with E-state index in [2.05, 4.69) is 16.2 Å². The molecule has 1 aliphatic heterocycles. The third kappa shape index (κ3) is 2.34. The van der Waals surface area contributed by atoms with Crippen molar-refractivity contribution in [1.29, 1.82) is 0 Å². The summed E-state index contributed by atoms with van der Waals surface area (Å²) >= 11 is 6.15. The van der Waals surface area contributed by atoms with Gasteiger partial charge in [-0.1, -0.05) is 35.8 Å². The van der Waals surface area contributed by atoms with E-state index in [0.717, 1.165) is 35.7 Å². The van der Waals surface area contributed by atoms with E-state index in [4.69, 9.17) is 20.9 Å². The minimum Gasteiger partial charge on any atom is -0.381 e. The average Bonchev–Trinajstić information content (AvgIpc) is 2.97. The van der Waals surface area contributed by atoms with Gasteiger partial charge in [0.25, 0.3) is 0 Å². The van der Waals surface area contributed by atoms with E-state index in [0.29, 0.717) is 19.1 Å². The molecule has 0 N–H and O–H groups in total. The van der Waals surface area contributed by atoms with E-state index in [1.165, 1.54) is 0 Å². The summed E-state index contributed by atoms with van der Waals surface area (Å²) in [5.41, 5.74) is 0.850. The zero-order valence-electron chi connectivity index (χ0n) is 11.4. The molecule has 5 heteroatoms. The number of nitrogens with zero attached hydrogens (tertiary/aromatic N) is 2. The van der Waals surface area contributed by atoms with Gasteiger partial charge >= 0.3 is 0 Å². The third-order valence-electron chi connectivity index (χ3n) is 3.92. The molecule has 0 amide bonds. The Labute approximate surface area is 123 Å². The number of hydrogen-bond donors (Lipinski definition) is 0. The quantitative estimate of drug-likeness (QED) is 0.870. The first-order chi connectivity index (χ1) is 9.74. The Balaban J connectivity index is 2.08. The summed E-state index contributed by atoms with van der Waals surface area (Å²) in [4.78, 5) is 4.55. The van der Waals surface area contributed by atoms with Crippen LogP contribution in [-0.2, 0) is 16.6 Å². The van der Waals surface area contributed by atoms with Crippen molar-refractivity contribution < 1.29 is 9.26 Å². The van der Waals surface area contributed by atoms with Crippen LogP contribution in [0.4, 0.5) is 0 Å². The Bertz CT molecular complexity index is 591. The fourth-order valence-corrected chi connectivity index (χ4v) is 2.91. The van der Waals surface area contributed by atoms with E-state index in [-0.39, 0.29) is 5.41 Å². The lowest BCUT2D eigenvalue weighted by Crippen LogP contribution is -2.35. The van der Waals surface area contributed by atoms with E-state index >= 15 is 0 Å². The van der Waals surface area contributed by atoms with Crippen LogP contribution >= 0.6 is 11.6 Å². The van der Waals surface area contributed by atoms with Crippen molar-refractivity contribution in [2.75, 3.05) is 13.2 Å². The largest absolute Gasteiger partial charge is 0.381 e. The molecular formula is C15H17ClN2O2. The second-order valence-corrected chi connectivity index (χ2v) is 5.51. The lowest BCUT2D eigenvalue weighted by molar-refractivity contribution is 0.0523. The van der Waals surface area contributed by atoms with Gasteiger partial charge < -0.3 is 9.26 Å². The molecule has 1 saturated heterocycles. The minimum absolute atomic E-state index is 0.274. The lowest BCUT2D eigenvalue weighted by Gasteiger charge is -2.34. The third-order valence-corrected chi connectivity index (χ3v) is 4.15. The Hall–Kier alpha value is -1.39. The van der Waals surface area contributed by atoms with Gasteiger partial charge in [0.05, 0.1) is 5.41 Å². The van der Waals surface area contributed by atoms with E-state index in [9.17, 15) is 0 Å². The number of aromatic nitrogens is 2. The fourth-order valence-electron chi connectivity index (χ4n) is 2.72. The maximum Gasteiger partial charge on any atom is 0.237 e. The molecule has 3 rings (SSSR count). The summed E-state index contributed by atoms with van der Waals surface area (Å²) in [5, 5.41) is 4.77. The zero-order chi connectivity index (χ0) is 14.0. The van der Waals surface area contributed by atoms with Crippen LogP contribution in [0.25, 0.3) is 0 Å². The highest BCUT2D eigenvalue weighted by atomic mass is 35.5. The highest BCUT2D eigenvalue weighted by Gasteiger charge is 2.41. The normalized spacial score (nSPS) is 18.1. The Morgan fingerprint density at radius 1 is 1.30 bits per heavy atom. The molecule has 4 nitrogen and oxygen atoms in total. The van der Waals surface area contributed by atoms with Crippen molar-refractivity contribution in [3.8, 4) is 0 Å². The van der Waals surface area contributed by atoms with E-state index in [1.54, 1.807) is 0 Å². The van der Waals surface area contributed by atoms with Gasteiger partial charge in [0.15, 0.2) is 5.82 Å². The first-order valence-corrected chi connectivity index (χ1v) is 7.29. The highest BCUT2D eigenvalue weighted by Crippen LogP contribution is 2.41. The molecule has 0 aliphatic carbocycles. The predicted octanol–water partition coefficient (Wildman–Crippen LogP) is 3.38. The van der Waals surface area contributed by atoms with Crippen molar-refractivity contribution in [3.05, 3.63) is 46.6 Å². The van der Waals surface area contributed by atoms with Crippen LogP contribution in [0.1, 0.15) is 37.0 Å². The monoisotopic (exact) mass is 292 g/mol. The second kappa shape index (κ2) is 5.54. The number of ether oxygens (including phenoxy) is 1. The molecule has 0 spiro atoms. The SMILES string of the molecule is CCc1noc(C2(c3cccc(Cl)c3)CCOCC2)n1. The molecule has 1 aromatic heterocycles. The van der Waals surface area contributed by atoms with Crippen LogP contribution in [0, 0.1) is 0 Å². The van der Waals surface area contributed by atoms with Gasteiger partial charge in [0.2, 0.25) is 5.89 Å². The molecule has 0 bridgehead atoms. The molecule has 20 heavy (non-hydrogen) atoms.